The molecule has 1 aliphatic heterocycles. The first kappa shape index (κ1) is 23.2. The van der Waals surface area contributed by atoms with Crippen LogP contribution < -0.4 is 10.6 Å². The van der Waals surface area contributed by atoms with Crippen LogP contribution in [0.2, 0.25) is 0 Å². The first-order chi connectivity index (χ1) is 16.1. The third kappa shape index (κ3) is 6.32. The minimum atomic E-state index is -0.555. The number of urea groups is 1. The Morgan fingerprint density at radius 1 is 1.15 bits per heavy atom. The molecule has 0 spiro atoms. The van der Waals surface area contributed by atoms with Gasteiger partial charge in [0, 0.05) is 30.0 Å². The summed E-state index contributed by atoms with van der Waals surface area (Å²) in [7, 11) is 0. The number of aliphatic hydroxyl groups is 1. The Labute approximate surface area is 196 Å². The predicted octanol–water partition coefficient (Wildman–Crippen LogP) is 3.78. The summed E-state index contributed by atoms with van der Waals surface area (Å²) in [5, 5.41) is 22.3. The molecule has 0 radical (unpaired) electrons. The van der Waals surface area contributed by atoms with E-state index in [4.69, 9.17) is 9.47 Å². The Bertz CT molecular complexity index is 1010. The molecular weight excluding hydrogens is 442 g/mol. The van der Waals surface area contributed by atoms with Crippen LogP contribution in [0, 0.1) is 0 Å². The summed E-state index contributed by atoms with van der Waals surface area (Å²) in [5.74, 6) is 0.692. The van der Waals surface area contributed by atoms with Crippen molar-refractivity contribution < 1.29 is 19.4 Å². The monoisotopic (exact) mass is 469 g/mol. The minimum Gasteiger partial charge on any atom is -0.392 e. The van der Waals surface area contributed by atoms with Crippen LogP contribution in [0.1, 0.15) is 42.4 Å². The van der Waals surface area contributed by atoms with Gasteiger partial charge in [-0.3, -0.25) is 5.10 Å². The molecule has 4 N–H and O–H groups in total. The fourth-order valence-electron chi connectivity index (χ4n) is 3.52. The van der Waals surface area contributed by atoms with Gasteiger partial charge >= 0.3 is 6.03 Å². The lowest BCUT2D eigenvalue weighted by Crippen LogP contribution is -2.31. The summed E-state index contributed by atoms with van der Waals surface area (Å²) in [6, 6.07) is 15.0. The van der Waals surface area contributed by atoms with Crippen LogP contribution in [-0.4, -0.2) is 44.7 Å². The van der Waals surface area contributed by atoms with E-state index < -0.39 is 6.29 Å². The number of benzene rings is 2. The van der Waals surface area contributed by atoms with Crippen LogP contribution in [0.3, 0.4) is 0 Å². The lowest BCUT2D eigenvalue weighted by atomic mass is 10.0. The van der Waals surface area contributed by atoms with E-state index in [0.717, 1.165) is 21.8 Å². The molecule has 1 aromatic heterocycles. The molecule has 1 fully saturated rings. The molecule has 0 aliphatic carbocycles. The molecule has 2 heterocycles. The van der Waals surface area contributed by atoms with Gasteiger partial charge in [0.15, 0.2) is 11.4 Å². The maximum absolute atomic E-state index is 11.8. The predicted molar refractivity (Wildman–Crippen MR) is 125 cm³/mol. The molecule has 3 unspecified atom stereocenters. The lowest BCUT2D eigenvalue weighted by molar-refractivity contribution is -0.245. The van der Waals surface area contributed by atoms with Crippen molar-refractivity contribution in [3.63, 3.8) is 0 Å². The highest BCUT2D eigenvalue weighted by molar-refractivity contribution is 7.99. The Morgan fingerprint density at radius 3 is 2.58 bits per heavy atom. The highest BCUT2D eigenvalue weighted by Gasteiger charge is 2.32. The number of aromatic nitrogens is 3. The number of ether oxygens (including phenoxy) is 2. The van der Waals surface area contributed by atoms with Gasteiger partial charge in [-0.1, -0.05) is 48.2 Å². The van der Waals surface area contributed by atoms with E-state index in [0.29, 0.717) is 24.4 Å². The zero-order chi connectivity index (χ0) is 23.0. The summed E-state index contributed by atoms with van der Waals surface area (Å²) in [4.78, 5) is 15.9. The fourth-order valence-corrected chi connectivity index (χ4v) is 4.32. The average Bonchev–Trinajstić information content (AvgIpc) is 3.37. The summed E-state index contributed by atoms with van der Waals surface area (Å²) >= 11 is 1.55. The standard InChI is InChI=1S/C23H27N5O4S/c1-2-24-22(30)27-18-9-7-17(8-10-18)21-31-19(13-33-23-25-14-26-28-23)11-20(32-21)16-5-3-15(12-29)4-6-16/h3-10,14,19-21,29H,2,11-13H2,1H3,(H2,24,27,30)(H,25,26,28). The molecule has 174 valence electrons. The van der Waals surface area contributed by atoms with Crippen LogP contribution >= 0.6 is 11.8 Å². The lowest BCUT2D eigenvalue weighted by Gasteiger charge is -2.36. The average molecular weight is 470 g/mol. The van der Waals surface area contributed by atoms with Crippen molar-refractivity contribution in [2.75, 3.05) is 17.6 Å². The molecule has 9 nitrogen and oxygen atoms in total. The van der Waals surface area contributed by atoms with Gasteiger partial charge in [0.25, 0.3) is 0 Å². The Morgan fingerprint density at radius 2 is 1.91 bits per heavy atom. The Balaban J connectivity index is 1.49. The zero-order valence-electron chi connectivity index (χ0n) is 18.2. The molecule has 10 heteroatoms. The number of aliphatic hydroxyl groups excluding tert-OH is 1. The highest BCUT2D eigenvalue weighted by atomic mass is 32.2. The number of nitrogens with zero attached hydrogens (tertiary/aromatic N) is 2. The van der Waals surface area contributed by atoms with Crippen molar-refractivity contribution >= 4 is 23.5 Å². The van der Waals surface area contributed by atoms with E-state index in [2.05, 4.69) is 25.8 Å². The normalized spacial score (nSPS) is 20.4. The molecule has 0 saturated carbocycles. The molecule has 3 atom stereocenters. The second-order valence-corrected chi connectivity index (χ2v) is 8.57. The number of rotatable bonds is 8. The van der Waals surface area contributed by atoms with E-state index in [9.17, 15) is 9.90 Å². The number of carbonyl (C=O) groups is 1. The number of thioether (sulfide) groups is 1. The first-order valence-corrected chi connectivity index (χ1v) is 11.8. The van der Waals surface area contributed by atoms with Crippen LogP contribution in [-0.2, 0) is 16.1 Å². The van der Waals surface area contributed by atoms with Crippen molar-refractivity contribution in [2.24, 2.45) is 0 Å². The van der Waals surface area contributed by atoms with Gasteiger partial charge in [-0.15, -0.1) is 0 Å². The minimum absolute atomic E-state index is 0.00461. The topological polar surface area (TPSA) is 121 Å². The molecule has 0 bridgehead atoms. The number of H-pyrrole nitrogens is 1. The Hall–Kier alpha value is -2.92. The smallest absolute Gasteiger partial charge is 0.319 e. The molecular formula is C23H27N5O4S. The number of hydrogen-bond donors (Lipinski definition) is 4. The van der Waals surface area contributed by atoms with Gasteiger partial charge in [-0.25, -0.2) is 9.78 Å². The first-order valence-electron chi connectivity index (χ1n) is 10.8. The number of hydrogen-bond acceptors (Lipinski definition) is 7. The number of anilines is 1. The molecule has 4 rings (SSSR count). The van der Waals surface area contributed by atoms with Gasteiger partial charge < -0.3 is 25.2 Å². The number of carbonyl (C=O) groups excluding carboxylic acids is 1. The van der Waals surface area contributed by atoms with Crippen LogP contribution in [0.25, 0.3) is 0 Å². The van der Waals surface area contributed by atoms with Crippen molar-refractivity contribution in [1.82, 2.24) is 20.5 Å². The third-order valence-corrected chi connectivity index (χ3v) is 6.20. The molecule has 33 heavy (non-hydrogen) atoms. The second-order valence-electron chi connectivity index (χ2n) is 7.56. The van der Waals surface area contributed by atoms with E-state index >= 15 is 0 Å². The molecule has 2 aromatic carbocycles. The largest absolute Gasteiger partial charge is 0.392 e. The fraction of sp³-hybridized carbons (Fsp3) is 0.348. The van der Waals surface area contributed by atoms with Gasteiger partial charge in [0.1, 0.15) is 6.33 Å². The second kappa shape index (κ2) is 11.3. The quantitative estimate of drug-likeness (QED) is 0.371. The summed E-state index contributed by atoms with van der Waals surface area (Å²) in [5.41, 5.74) is 3.44. The molecule has 3 aromatic rings. The highest BCUT2D eigenvalue weighted by Crippen LogP contribution is 2.39. The van der Waals surface area contributed by atoms with Gasteiger partial charge in [0.2, 0.25) is 0 Å². The number of amides is 2. The molecule has 1 aliphatic rings. The van der Waals surface area contributed by atoms with Crippen LogP contribution in [0.15, 0.2) is 60.0 Å². The van der Waals surface area contributed by atoms with Crippen molar-refractivity contribution in [3.05, 3.63) is 71.5 Å². The summed E-state index contributed by atoms with van der Waals surface area (Å²) < 4.78 is 12.6. The Kier molecular flexibility index (Phi) is 7.95. The maximum Gasteiger partial charge on any atom is 0.319 e. The van der Waals surface area contributed by atoms with E-state index in [1.807, 2.05) is 55.5 Å². The molecule has 2 amide bonds. The van der Waals surface area contributed by atoms with Gasteiger partial charge in [-0.05, 0) is 30.2 Å². The third-order valence-electron chi connectivity index (χ3n) is 5.19. The van der Waals surface area contributed by atoms with Crippen LogP contribution in [0.5, 0.6) is 0 Å². The zero-order valence-corrected chi connectivity index (χ0v) is 19.0. The van der Waals surface area contributed by atoms with Gasteiger partial charge in [0.05, 0.1) is 18.8 Å². The van der Waals surface area contributed by atoms with Crippen molar-refractivity contribution in [1.29, 1.82) is 0 Å². The van der Waals surface area contributed by atoms with Crippen molar-refractivity contribution in [2.45, 2.75) is 43.6 Å². The summed E-state index contributed by atoms with van der Waals surface area (Å²) in [6.45, 7) is 2.43. The van der Waals surface area contributed by atoms with E-state index in [1.165, 1.54) is 6.33 Å². The van der Waals surface area contributed by atoms with Crippen LogP contribution in [0.4, 0.5) is 10.5 Å². The maximum atomic E-state index is 11.8. The van der Waals surface area contributed by atoms with E-state index in [-0.39, 0.29) is 24.8 Å². The number of aromatic amines is 1. The van der Waals surface area contributed by atoms with E-state index in [1.54, 1.807) is 11.8 Å². The molecule has 1 saturated heterocycles. The summed E-state index contributed by atoms with van der Waals surface area (Å²) in [6.07, 6.45) is 1.38. The van der Waals surface area contributed by atoms with Gasteiger partial charge in [-0.2, -0.15) is 5.10 Å². The van der Waals surface area contributed by atoms with Crippen molar-refractivity contribution in [3.8, 4) is 0 Å². The SMILES string of the molecule is CCNC(=O)Nc1ccc(C2OC(CSc3ncn[nH]3)CC(c3ccc(CO)cc3)O2)cc1. The number of nitrogens with one attached hydrogen (secondary N) is 3.